The largest absolute Gasteiger partial charge is 0.496 e. The van der Waals surface area contributed by atoms with Crippen LogP contribution in [0, 0.1) is 17.1 Å². The Morgan fingerprint density at radius 3 is 2.58 bits per heavy atom. The summed E-state index contributed by atoms with van der Waals surface area (Å²) in [5, 5.41) is 9.40. The van der Waals surface area contributed by atoms with Crippen molar-refractivity contribution in [2.75, 3.05) is 12.8 Å². The number of benzene rings is 2. The average molecular weight is 319 g/mol. The molecule has 0 fully saturated rings. The number of nitrogen functional groups attached to an aromatic ring is 1. The zero-order valence-electron chi connectivity index (χ0n) is 13.0. The number of aromatic nitrogens is 1. The lowest BCUT2D eigenvalue weighted by Gasteiger charge is -2.12. The van der Waals surface area contributed by atoms with Crippen LogP contribution in [0.15, 0.2) is 54.6 Å². The molecule has 0 bridgehead atoms. The Labute approximate surface area is 139 Å². The van der Waals surface area contributed by atoms with Gasteiger partial charge in [-0.1, -0.05) is 24.3 Å². The number of rotatable bonds is 3. The summed E-state index contributed by atoms with van der Waals surface area (Å²) in [4.78, 5) is 4.31. The van der Waals surface area contributed by atoms with Gasteiger partial charge < -0.3 is 10.5 Å². The van der Waals surface area contributed by atoms with Gasteiger partial charge in [-0.05, 0) is 35.9 Å². The van der Waals surface area contributed by atoms with Gasteiger partial charge in [0.1, 0.15) is 29.0 Å². The van der Waals surface area contributed by atoms with E-state index in [2.05, 4.69) is 4.98 Å². The van der Waals surface area contributed by atoms with Crippen molar-refractivity contribution in [3.63, 3.8) is 0 Å². The van der Waals surface area contributed by atoms with Crippen LogP contribution in [0.4, 0.5) is 10.2 Å². The monoisotopic (exact) mass is 319 g/mol. The van der Waals surface area contributed by atoms with E-state index in [0.29, 0.717) is 22.6 Å². The van der Waals surface area contributed by atoms with E-state index in [1.807, 2.05) is 30.3 Å². The van der Waals surface area contributed by atoms with Crippen molar-refractivity contribution in [3.05, 3.63) is 66.0 Å². The van der Waals surface area contributed by atoms with Gasteiger partial charge in [-0.3, -0.25) is 0 Å². The molecule has 0 unspecified atom stereocenters. The van der Waals surface area contributed by atoms with Crippen LogP contribution in [0.25, 0.3) is 22.4 Å². The molecule has 0 atom stereocenters. The van der Waals surface area contributed by atoms with E-state index in [-0.39, 0.29) is 17.2 Å². The van der Waals surface area contributed by atoms with Crippen LogP contribution < -0.4 is 10.5 Å². The zero-order chi connectivity index (χ0) is 17.1. The third kappa shape index (κ3) is 2.77. The lowest BCUT2D eigenvalue weighted by atomic mass is 9.98. The number of anilines is 1. The molecule has 0 radical (unpaired) electrons. The molecule has 24 heavy (non-hydrogen) atoms. The summed E-state index contributed by atoms with van der Waals surface area (Å²) in [5.74, 6) is 0.352. The Hall–Kier alpha value is -3.39. The Morgan fingerprint density at radius 1 is 1.08 bits per heavy atom. The first-order valence-corrected chi connectivity index (χ1v) is 7.24. The molecule has 2 N–H and O–H groups in total. The molecule has 5 heteroatoms. The van der Waals surface area contributed by atoms with Crippen molar-refractivity contribution in [1.82, 2.24) is 4.98 Å². The number of nitrogens with zero attached hydrogens (tertiary/aromatic N) is 2. The maximum Gasteiger partial charge on any atom is 0.142 e. The van der Waals surface area contributed by atoms with Crippen molar-refractivity contribution in [2.45, 2.75) is 0 Å². The van der Waals surface area contributed by atoms with Gasteiger partial charge in [0.25, 0.3) is 0 Å². The highest BCUT2D eigenvalue weighted by Crippen LogP contribution is 2.34. The maximum atomic E-state index is 13.6. The summed E-state index contributed by atoms with van der Waals surface area (Å²) in [7, 11) is 1.57. The number of hydrogen-bond donors (Lipinski definition) is 1. The van der Waals surface area contributed by atoms with Gasteiger partial charge in [0.2, 0.25) is 0 Å². The van der Waals surface area contributed by atoms with Gasteiger partial charge >= 0.3 is 0 Å². The summed E-state index contributed by atoms with van der Waals surface area (Å²) in [6.07, 6.45) is 0. The molecule has 0 spiro atoms. The van der Waals surface area contributed by atoms with Gasteiger partial charge in [-0.25, -0.2) is 9.37 Å². The minimum absolute atomic E-state index is 0.0974. The molecular formula is C19H14FN3O. The summed E-state index contributed by atoms with van der Waals surface area (Å²) < 4.78 is 18.9. The van der Waals surface area contributed by atoms with E-state index in [1.54, 1.807) is 25.3 Å². The van der Waals surface area contributed by atoms with E-state index in [1.165, 1.54) is 12.1 Å². The molecule has 0 aliphatic heterocycles. The second-order valence-electron chi connectivity index (χ2n) is 5.14. The minimum Gasteiger partial charge on any atom is -0.496 e. The summed E-state index contributed by atoms with van der Waals surface area (Å²) >= 11 is 0. The molecule has 3 aromatic rings. The third-order valence-corrected chi connectivity index (χ3v) is 3.68. The van der Waals surface area contributed by atoms with E-state index in [0.717, 1.165) is 5.56 Å². The van der Waals surface area contributed by atoms with Crippen LogP contribution in [0.5, 0.6) is 5.75 Å². The Kier molecular flexibility index (Phi) is 4.13. The number of nitriles is 1. The lowest BCUT2D eigenvalue weighted by molar-refractivity contribution is 0.416. The molecule has 0 saturated carbocycles. The van der Waals surface area contributed by atoms with Gasteiger partial charge in [0, 0.05) is 11.1 Å². The fourth-order valence-electron chi connectivity index (χ4n) is 2.56. The van der Waals surface area contributed by atoms with E-state index < -0.39 is 0 Å². The fourth-order valence-corrected chi connectivity index (χ4v) is 2.56. The topological polar surface area (TPSA) is 71.9 Å². The molecule has 1 heterocycles. The molecule has 3 rings (SSSR count). The first-order valence-electron chi connectivity index (χ1n) is 7.24. The number of pyridine rings is 1. The molecule has 118 valence electrons. The number of hydrogen-bond acceptors (Lipinski definition) is 4. The first kappa shape index (κ1) is 15.5. The van der Waals surface area contributed by atoms with Crippen LogP contribution in [0.1, 0.15) is 5.56 Å². The lowest BCUT2D eigenvalue weighted by Crippen LogP contribution is -2.00. The standard InChI is InChI=1S/C19H14FN3O/c1-24-18-8-3-2-7-14(18)17-10-15(16(11-21)19(22)23-17)12-5-4-6-13(20)9-12/h2-10H,1H3,(H2,22,23). The summed E-state index contributed by atoms with van der Waals surface area (Å²) in [6.45, 7) is 0. The average Bonchev–Trinajstić information content (AvgIpc) is 2.61. The molecule has 2 aromatic carbocycles. The van der Waals surface area contributed by atoms with Crippen molar-refractivity contribution in [1.29, 1.82) is 5.26 Å². The van der Waals surface area contributed by atoms with Crippen LogP contribution in [0.2, 0.25) is 0 Å². The highest BCUT2D eigenvalue weighted by Gasteiger charge is 2.15. The van der Waals surface area contributed by atoms with Crippen molar-refractivity contribution in [3.8, 4) is 34.2 Å². The van der Waals surface area contributed by atoms with Crippen molar-refractivity contribution in [2.24, 2.45) is 0 Å². The highest BCUT2D eigenvalue weighted by molar-refractivity contribution is 5.81. The van der Waals surface area contributed by atoms with Crippen LogP contribution in [-0.4, -0.2) is 12.1 Å². The predicted octanol–water partition coefficient (Wildman–Crippen LogP) is 4.02. The van der Waals surface area contributed by atoms with Gasteiger partial charge in [0.05, 0.1) is 12.8 Å². The molecule has 4 nitrogen and oxygen atoms in total. The molecule has 0 amide bonds. The summed E-state index contributed by atoms with van der Waals surface area (Å²) in [6, 6.07) is 17.2. The van der Waals surface area contributed by atoms with E-state index >= 15 is 0 Å². The first-order chi connectivity index (χ1) is 11.6. The maximum absolute atomic E-state index is 13.6. The van der Waals surface area contributed by atoms with Crippen LogP contribution in [0.3, 0.4) is 0 Å². The van der Waals surface area contributed by atoms with Crippen LogP contribution >= 0.6 is 0 Å². The molecule has 1 aromatic heterocycles. The van der Waals surface area contributed by atoms with Gasteiger partial charge in [-0.2, -0.15) is 5.26 Å². The highest BCUT2D eigenvalue weighted by atomic mass is 19.1. The number of nitrogens with two attached hydrogens (primary N) is 1. The zero-order valence-corrected chi connectivity index (χ0v) is 13.0. The van der Waals surface area contributed by atoms with E-state index in [4.69, 9.17) is 10.5 Å². The van der Waals surface area contributed by atoms with Crippen molar-refractivity contribution < 1.29 is 9.13 Å². The second-order valence-corrected chi connectivity index (χ2v) is 5.14. The summed E-state index contributed by atoms with van der Waals surface area (Å²) in [5.41, 5.74) is 8.59. The molecule has 0 aliphatic rings. The number of halogens is 1. The molecular weight excluding hydrogens is 305 g/mol. The minimum atomic E-state index is -0.384. The van der Waals surface area contributed by atoms with Crippen LogP contribution in [-0.2, 0) is 0 Å². The predicted molar refractivity (Wildman–Crippen MR) is 90.7 cm³/mol. The van der Waals surface area contributed by atoms with Gasteiger partial charge in [-0.15, -0.1) is 0 Å². The fraction of sp³-hybridized carbons (Fsp3) is 0.0526. The Bertz CT molecular complexity index is 948. The normalized spacial score (nSPS) is 10.2. The third-order valence-electron chi connectivity index (χ3n) is 3.68. The quantitative estimate of drug-likeness (QED) is 0.791. The SMILES string of the molecule is COc1ccccc1-c1cc(-c2cccc(F)c2)c(C#N)c(N)n1. The van der Waals surface area contributed by atoms with E-state index in [9.17, 15) is 9.65 Å². The van der Waals surface area contributed by atoms with Gasteiger partial charge in [0.15, 0.2) is 0 Å². The Morgan fingerprint density at radius 2 is 1.88 bits per heavy atom. The Balaban J connectivity index is 2.27. The second kappa shape index (κ2) is 6.39. The number of methoxy groups -OCH3 is 1. The smallest absolute Gasteiger partial charge is 0.142 e. The van der Waals surface area contributed by atoms with Crippen molar-refractivity contribution >= 4 is 5.82 Å². The number of para-hydroxylation sites is 1. The number of ether oxygens (including phenoxy) is 1. The molecule has 0 aliphatic carbocycles. The molecule has 0 saturated heterocycles.